The van der Waals surface area contributed by atoms with E-state index in [2.05, 4.69) is 5.32 Å². The molecule has 3 rings (SSSR count). The highest BCUT2D eigenvalue weighted by Crippen LogP contribution is 2.25. The predicted molar refractivity (Wildman–Crippen MR) is 43.0 cm³/mol. The predicted octanol–water partition coefficient (Wildman–Crippen LogP) is 1.93. The molecule has 0 aromatic carbocycles. The first-order chi connectivity index (χ1) is 4.95. The lowest BCUT2D eigenvalue weighted by Gasteiger charge is -2.32. The summed E-state index contributed by atoms with van der Waals surface area (Å²) in [4.78, 5) is 0. The quantitative estimate of drug-likeness (QED) is 0.540. The molecule has 1 aliphatic carbocycles. The van der Waals surface area contributed by atoms with E-state index in [0.717, 1.165) is 12.0 Å². The van der Waals surface area contributed by atoms with Crippen LogP contribution in [0.1, 0.15) is 38.5 Å². The maximum atomic E-state index is 3.62. The highest BCUT2D eigenvalue weighted by atomic mass is 14.9. The summed E-state index contributed by atoms with van der Waals surface area (Å²) in [6.45, 7) is 1.31. The third kappa shape index (κ3) is 1.34. The summed E-state index contributed by atoms with van der Waals surface area (Å²) >= 11 is 0. The molecule has 2 heterocycles. The van der Waals surface area contributed by atoms with Crippen LogP contribution in [0.3, 0.4) is 0 Å². The fourth-order valence-corrected chi connectivity index (χ4v) is 2.29. The topological polar surface area (TPSA) is 12.0 Å². The van der Waals surface area contributed by atoms with E-state index in [0.29, 0.717) is 0 Å². The Labute approximate surface area is 63.2 Å². The molecule has 2 bridgehead atoms. The van der Waals surface area contributed by atoms with Gasteiger partial charge in [-0.3, -0.25) is 0 Å². The van der Waals surface area contributed by atoms with E-state index < -0.39 is 0 Å². The third-order valence-corrected chi connectivity index (χ3v) is 3.03. The van der Waals surface area contributed by atoms with Gasteiger partial charge in [-0.2, -0.15) is 0 Å². The number of hydrogen-bond acceptors (Lipinski definition) is 1. The van der Waals surface area contributed by atoms with Crippen molar-refractivity contribution in [3.05, 3.63) is 0 Å². The first kappa shape index (κ1) is 6.66. The van der Waals surface area contributed by atoms with Crippen LogP contribution in [0.15, 0.2) is 0 Å². The van der Waals surface area contributed by atoms with Crippen molar-refractivity contribution < 1.29 is 0 Å². The number of piperidine rings is 1. The summed E-state index contributed by atoms with van der Waals surface area (Å²) in [5, 5.41) is 3.62. The van der Waals surface area contributed by atoms with E-state index in [1.807, 2.05) is 0 Å². The second-order valence-corrected chi connectivity index (χ2v) is 3.83. The average Bonchev–Trinajstić information content (AvgIpc) is 1.89. The van der Waals surface area contributed by atoms with Crippen molar-refractivity contribution in [1.29, 1.82) is 0 Å². The molecule has 0 aromatic rings. The van der Waals surface area contributed by atoms with Gasteiger partial charge in [0.25, 0.3) is 0 Å². The van der Waals surface area contributed by atoms with Gasteiger partial charge in [-0.1, -0.05) is 12.8 Å². The molecule has 0 amide bonds. The molecule has 1 heteroatoms. The van der Waals surface area contributed by atoms with Gasteiger partial charge in [0.05, 0.1) is 0 Å². The van der Waals surface area contributed by atoms with Gasteiger partial charge in [0.2, 0.25) is 0 Å². The van der Waals surface area contributed by atoms with Gasteiger partial charge in [-0.05, 0) is 38.1 Å². The lowest BCUT2D eigenvalue weighted by molar-refractivity contribution is 0.251. The molecule has 10 heavy (non-hydrogen) atoms. The van der Waals surface area contributed by atoms with E-state index >= 15 is 0 Å². The maximum absolute atomic E-state index is 3.62. The van der Waals surface area contributed by atoms with Crippen molar-refractivity contribution in [1.82, 2.24) is 5.32 Å². The summed E-state index contributed by atoms with van der Waals surface area (Å²) < 4.78 is 0. The fourth-order valence-electron chi connectivity index (χ4n) is 2.29. The smallest absolute Gasteiger partial charge is 0.00672 e. The van der Waals surface area contributed by atoms with Crippen LogP contribution >= 0.6 is 0 Å². The van der Waals surface area contributed by atoms with Crippen LogP contribution in [0.25, 0.3) is 0 Å². The minimum atomic E-state index is 0.886. The minimum Gasteiger partial charge on any atom is -0.314 e. The van der Waals surface area contributed by atoms with Crippen LogP contribution < -0.4 is 5.32 Å². The summed E-state index contributed by atoms with van der Waals surface area (Å²) in [6, 6.07) is 0.886. The van der Waals surface area contributed by atoms with Crippen LogP contribution in [-0.2, 0) is 0 Å². The van der Waals surface area contributed by atoms with E-state index in [9.17, 15) is 0 Å². The normalized spacial score (nSPS) is 40.8. The Balaban J connectivity index is 1.94. The molecule has 3 fully saturated rings. The minimum absolute atomic E-state index is 0.886. The number of nitrogens with one attached hydrogen (secondary N) is 1. The zero-order valence-electron chi connectivity index (χ0n) is 6.60. The Morgan fingerprint density at radius 2 is 1.80 bits per heavy atom. The Kier molecular flexibility index (Phi) is 1.94. The average molecular weight is 139 g/mol. The van der Waals surface area contributed by atoms with Gasteiger partial charge in [-0.25, -0.2) is 0 Å². The Hall–Kier alpha value is -0.0400. The molecule has 2 saturated heterocycles. The van der Waals surface area contributed by atoms with Crippen LogP contribution in [-0.4, -0.2) is 12.6 Å². The number of fused-ring (bicyclic) bond motifs is 5. The first-order valence-corrected chi connectivity index (χ1v) is 4.68. The summed E-state index contributed by atoms with van der Waals surface area (Å²) in [5.41, 5.74) is 0. The molecular formula is C9H17N. The second-order valence-electron chi connectivity index (χ2n) is 3.83. The van der Waals surface area contributed by atoms with Crippen molar-refractivity contribution in [2.45, 2.75) is 44.6 Å². The van der Waals surface area contributed by atoms with Gasteiger partial charge in [0.1, 0.15) is 0 Å². The van der Waals surface area contributed by atoms with Crippen molar-refractivity contribution in [3.8, 4) is 0 Å². The van der Waals surface area contributed by atoms with E-state index in [1.54, 1.807) is 0 Å². The van der Waals surface area contributed by atoms with Crippen molar-refractivity contribution in [2.24, 2.45) is 5.92 Å². The van der Waals surface area contributed by atoms with Gasteiger partial charge in [-0.15, -0.1) is 0 Å². The number of hydrogen-bond donors (Lipinski definition) is 1. The lowest BCUT2D eigenvalue weighted by atomic mass is 9.85. The molecule has 58 valence electrons. The van der Waals surface area contributed by atoms with E-state index in [1.165, 1.54) is 45.1 Å². The van der Waals surface area contributed by atoms with E-state index in [-0.39, 0.29) is 0 Å². The zero-order chi connectivity index (χ0) is 6.81. The van der Waals surface area contributed by atoms with Crippen LogP contribution in [0, 0.1) is 5.92 Å². The highest BCUT2D eigenvalue weighted by molar-refractivity contribution is 4.80. The van der Waals surface area contributed by atoms with Gasteiger partial charge < -0.3 is 5.32 Å². The summed E-state index contributed by atoms with van der Waals surface area (Å²) in [7, 11) is 0. The number of rotatable bonds is 0. The monoisotopic (exact) mass is 139 g/mol. The lowest BCUT2D eigenvalue weighted by Crippen LogP contribution is -2.40. The van der Waals surface area contributed by atoms with Gasteiger partial charge in [0, 0.05) is 6.04 Å². The van der Waals surface area contributed by atoms with Gasteiger partial charge >= 0.3 is 0 Å². The molecule has 2 atom stereocenters. The Morgan fingerprint density at radius 1 is 0.900 bits per heavy atom. The van der Waals surface area contributed by atoms with Crippen LogP contribution in [0.4, 0.5) is 0 Å². The van der Waals surface area contributed by atoms with Crippen molar-refractivity contribution in [2.75, 3.05) is 6.54 Å². The Bertz CT molecular complexity index is 83.8. The molecule has 3 aliphatic rings. The van der Waals surface area contributed by atoms with Crippen molar-refractivity contribution >= 4 is 0 Å². The standard InChI is InChI=1S/C9H17N/c1-2-4-9-6-5-8(3-1)7-10-9/h8-10H,1-7H2. The summed E-state index contributed by atoms with van der Waals surface area (Å²) in [5.74, 6) is 1.02. The molecule has 1 nitrogen and oxygen atoms in total. The second kappa shape index (κ2) is 2.91. The van der Waals surface area contributed by atoms with Gasteiger partial charge in [0.15, 0.2) is 0 Å². The van der Waals surface area contributed by atoms with E-state index in [4.69, 9.17) is 0 Å². The molecule has 1 N–H and O–H groups in total. The Morgan fingerprint density at radius 3 is 2.60 bits per heavy atom. The molecule has 1 saturated carbocycles. The van der Waals surface area contributed by atoms with Crippen molar-refractivity contribution in [3.63, 3.8) is 0 Å². The molecule has 2 aliphatic heterocycles. The maximum Gasteiger partial charge on any atom is 0.00672 e. The molecule has 0 spiro atoms. The molecule has 0 aromatic heterocycles. The zero-order valence-corrected chi connectivity index (χ0v) is 6.60. The third-order valence-electron chi connectivity index (χ3n) is 3.03. The molecule has 2 unspecified atom stereocenters. The SMILES string of the molecule is C1CCC2CCC(C1)CN2. The molecular weight excluding hydrogens is 122 g/mol. The highest BCUT2D eigenvalue weighted by Gasteiger charge is 2.22. The largest absolute Gasteiger partial charge is 0.314 e. The van der Waals surface area contributed by atoms with Crippen LogP contribution in [0.5, 0.6) is 0 Å². The first-order valence-electron chi connectivity index (χ1n) is 4.68. The molecule has 0 radical (unpaired) electrons. The fraction of sp³-hybridized carbons (Fsp3) is 1.00. The summed E-state index contributed by atoms with van der Waals surface area (Å²) in [6.07, 6.45) is 8.83. The van der Waals surface area contributed by atoms with Crippen LogP contribution in [0.2, 0.25) is 0 Å².